The average Bonchev–Trinajstić information content (AvgIpc) is 2.33. The van der Waals surface area contributed by atoms with Gasteiger partial charge >= 0.3 is 0 Å². The lowest BCUT2D eigenvalue weighted by atomic mass is 10.2. The van der Waals surface area contributed by atoms with Crippen LogP contribution in [0.4, 0.5) is 0 Å². The van der Waals surface area contributed by atoms with Crippen LogP contribution in [-0.2, 0) is 0 Å². The van der Waals surface area contributed by atoms with Gasteiger partial charge in [-0.3, -0.25) is 0 Å². The van der Waals surface area contributed by atoms with E-state index < -0.39 is 0 Å². The quantitative estimate of drug-likeness (QED) is 0.504. The third kappa shape index (κ3) is 1.35. The molecule has 0 unspecified atom stereocenters. The molecule has 54 valence electrons. The van der Waals surface area contributed by atoms with E-state index in [-0.39, 0.29) is 8.41 Å². The highest BCUT2D eigenvalue weighted by Crippen LogP contribution is 2.11. The minimum atomic E-state index is -0.211. The van der Waals surface area contributed by atoms with E-state index in [1.807, 2.05) is 0 Å². The highest BCUT2D eigenvalue weighted by atomic mass is 28.2. The van der Waals surface area contributed by atoms with E-state index in [1.54, 1.807) is 10.7 Å². The van der Waals surface area contributed by atoms with Gasteiger partial charge in [0.2, 0.25) is 0 Å². The molecular formula is C9H14Si. The fraction of sp³-hybridized carbons (Fsp3) is 0.444. The van der Waals surface area contributed by atoms with Crippen LogP contribution in [0.1, 0.15) is 13.3 Å². The summed E-state index contributed by atoms with van der Waals surface area (Å²) < 4.78 is 0. The van der Waals surface area contributed by atoms with Crippen LogP contribution < -0.4 is 0 Å². The van der Waals surface area contributed by atoms with Crippen molar-refractivity contribution in [3.05, 3.63) is 23.8 Å². The summed E-state index contributed by atoms with van der Waals surface area (Å²) in [5.41, 5.74) is 1.55. The molecule has 1 rings (SSSR count). The molecule has 0 atom stereocenters. The topological polar surface area (TPSA) is 0 Å². The van der Waals surface area contributed by atoms with Crippen molar-refractivity contribution in [3.8, 4) is 0 Å². The van der Waals surface area contributed by atoms with Gasteiger partial charge in [-0.15, -0.1) is 0 Å². The lowest BCUT2D eigenvalue weighted by Gasteiger charge is -2.01. The molecule has 0 spiro atoms. The van der Waals surface area contributed by atoms with Crippen LogP contribution in [0.3, 0.4) is 0 Å². The Bertz CT molecular complexity index is 215. The van der Waals surface area contributed by atoms with Gasteiger partial charge < -0.3 is 0 Å². The van der Waals surface area contributed by atoms with E-state index in [9.17, 15) is 0 Å². The molecule has 0 saturated heterocycles. The summed E-state index contributed by atoms with van der Waals surface area (Å²) in [6.45, 7) is 6.92. The minimum absolute atomic E-state index is 0.211. The van der Waals surface area contributed by atoms with E-state index in [1.165, 1.54) is 6.42 Å². The maximum Gasteiger partial charge on any atom is 0.0131 e. The molecule has 1 heteroatoms. The lowest BCUT2D eigenvalue weighted by molar-refractivity contribution is 1.18. The van der Waals surface area contributed by atoms with Crippen molar-refractivity contribution in [1.82, 2.24) is 0 Å². The molecule has 0 saturated carbocycles. The first-order valence-corrected chi connectivity index (χ1v) is 6.30. The van der Waals surface area contributed by atoms with Gasteiger partial charge in [0.1, 0.15) is 0 Å². The van der Waals surface area contributed by atoms with Gasteiger partial charge in [0.05, 0.1) is 0 Å². The summed E-state index contributed by atoms with van der Waals surface area (Å²) in [6.07, 6.45) is 7.88. The molecule has 0 aliphatic heterocycles. The molecule has 0 heterocycles. The summed E-state index contributed by atoms with van der Waals surface area (Å²) in [6, 6.07) is 0. The van der Waals surface area contributed by atoms with Crippen molar-refractivity contribution in [2.45, 2.75) is 26.4 Å². The Morgan fingerprint density at radius 2 is 2.10 bits per heavy atom. The first kappa shape index (κ1) is 7.67. The van der Waals surface area contributed by atoms with Crippen molar-refractivity contribution < 1.29 is 0 Å². The zero-order valence-corrected chi connectivity index (χ0v) is 7.94. The van der Waals surface area contributed by atoms with Crippen molar-refractivity contribution >= 4 is 13.6 Å². The lowest BCUT2D eigenvalue weighted by Crippen LogP contribution is -2.06. The van der Waals surface area contributed by atoms with Gasteiger partial charge in [-0.1, -0.05) is 38.2 Å². The molecule has 0 aromatic carbocycles. The van der Waals surface area contributed by atoms with Crippen molar-refractivity contribution in [1.29, 1.82) is 0 Å². The Morgan fingerprint density at radius 3 is 2.50 bits per heavy atom. The fourth-order valence-corrected chi connectivity index (χ4v) is 2.59. The van der Waals surface area contributed by atoms with E-state index in [0.717, 1.165) is 0 Å². The molecular weight excluding hydrogens is 136 g/mol. The van der Waals surface area contributed by atoms with Gasteiger partial charge in [0.15, 0.2) is 0 Å². The molecule has 1 aliphatic rings. The average molecular weight is 150 g/mol. The predicted molar refractivity (Wildman–Crippen MR) is 50.0 cm³/mol. The summed E-state index contributed by atoms with van der Waals surface area (Å²) in [4.78, 5) is 0. The van der Waals surface area contributed by atoms with Crippen molar-refractivity contribution in [2.75, 3.05) is 0 Å². The maximum atomic E-state index is 2.35. The molecule has 0 aromatic rings. The van der Waals surface area contributed by atoms with E-state index >= 15 is 0 Å². The van der Waals surface area contributed by atoms with E-state index in [0.29, 0.717) is 0 Å². The molecule has 0 fully saturated rings. The normalized spacial score (nSPS) is 15.9. The van der Waals surface area contributed by atoms with Crippen molar-refractivity contribution in [2.24, 2.45) is 0 Å². The monoisotopic (exact) mass is 150 g/mol. The summed E-state index contributed by atoms with van der Waals surface area (Å²) >= 11 is 0. The van der Waals surface area contributed by atoms with Gasteiger partial charge in [-0.05, 0) is 17.2 Å². The zero-order valence-electron chi connectivity index (χ0n) is 6.94. The second kappa shape index (κ2) is 3.11. The molecule has 1 aliphatic carbocycles. The van der Waals surface area contributed by atoms with Crippen molar-refractivity contribution in [3.63, 3.8) is 0 Å². The standard InChI is InChI=1S/C9H14Si/c1-4-8-6-5-7-9(8)10(2)3/h5-7H,4H2,1-3H3. The Morgan fingerprint density at radius 1 is 1.40 bits per heavy atom. The Hall–Kier alpha value is -0.433. The molecule has 0 amide bonds. The van der Waals surface area contributed by atoms with Crippen LogP contribution in [0.2, 0.25) is 13.1 Å². The van der Waals surface area contributed by atoms with Gasteiger partial charge in [0, 0.05) is 8.41 Å². The van der Waals surface area contributed by atoms with Crippen LogP contribution in [0.5, 0.6) is 0 Å². The van der Waals surface area contributed by atoms with Crippen LogP contribution in [0, 0.1) is 0 Å². The predicted octanol–water partition coefficient (Wildman–Crippen LogP) is 2.40. The van der Waals surface area contributed by atoms with E-state index in [2.05, 4.69) is 38.2 Å². The second-order valence-electron chi connectivity index (χ2n) is 2.82. The Kier molecular flexibility index (Phi) is 2.38. The second-order valence-corrected chi connectivity index (χ2v) is 5.36. The number of rotatable bonds is 1. The minimum Gasteiger partial charge on any atom is -0.0618 e. The first-order valence-electron chi connectivity index (χ1n) is 3.80. The highest BCUT2D eigenvalue weighted by molar-refractivity contribution is 6.74. The van der Waals surface area contributed by atoms with Crippen LogP contribution >= 0.6 is 0 Å². The van der Waals surface area contributed by atoms with Crippen LogP contribution in [0.15, 0.2) is 23.8 Å². The number of hydrogen-bond donors (Lipinski definition) is 0. The third-order valence-electron chi connectivity index (χ3n) is 1.83. The molecule has 0 aromatic heterocycles. The molecule has 0 bridgehead atoms. The first-order chi connectivity index (χ1) is 4.75. The Labute approximate surface area is 64.5 Å². The van der Waals surface area contributed by atoms with Crippen LogP contribution in [-0.4, -0.2) is 13.6 Å². The molecule has 10 heavy (non-hydrogen) atoms. The Balaban J connectivity index is 2.92. The number of allylic oxidation sites excluding steroid dienone is 4. The smallest absolute Gasteiger partial charge is 0.0131 e. The molecule has 0 nitrogen and oxygen atoms in total. The fourth-order valence-electron chi connectivity index (χ4n) is 1.25. The maximum absolute atomic E-state index is 2.35. The summed E-state index contributed by atoms with van der Waals surface area (Å²) in [5.74, 6) is 0. The molecule has 0 N–H and O–H groups in total. The van der Waals surface area contributed by atoms with Gasteiger partial charge in [0.25, 0.3) is 0 Å². The molecule has 0 radical (unpaired) electrons. The highest BCUT2D eigenvalue weighted by Gasteiger charge is 2.04. The largest absolute Gasteiger partial charge is 0.0618 e. The number of hydrogen-bond acceptors (Lipinski definition) is 0. The summed E-state index contributed by atoms with van der Waals surface area (Å²) in [7, 11) is -0.211. The summed E-state index contributed by atoms with van der Waals surface area (Å²) in [5, 5.41) is 1.62. The van der Waals surface area contributed by atoms with Crippen LogP contribution in [0.25, 0.3) is 0 Å². The van der Waals surface area contributed by atoms with E-state index in [4.69, 9.17) is 0 Å². The third-order valence-corrected chi connectivity index (χ3v) is 3.39. The van der Waals surface area contributed by atoms with Gasteiger partial charge in [-0.25, -0.2) is 0 Å². The SMILES string of the molecule is CCC1=CC=CC1=[Si](C)C. The van der Waals surface area contributed by atoms with Gasteiger partial charge in [-0.2, -0.15) is 0 Å². The zero-order chi connectivity index (χ0) is 7.56.